The van der Waals surface area contributed by atoms with Crippen molar-refractivity contribution in [3.63, 3.8) is 0 Å². The van der Waals surface area contributed by atoms with Crippen LogP contribution in [0.3, 0.4) is 0 Å². The molecule has 1 amide bonds. The van der Waals surface area contributed by atoms with Gasteiger partial charge in [0.25, 0.3) is 11.6 Å². The molecular weight excluding hydrogens is 654 g/mol. The number of aliphatic imine (C=N–C) groups is 1. The average Bonchev–Trinajstić information content (AvgIpc) is 3.13. The van der Waals surface area contributed by atoms with Gasteiger partial charge in [0.1, 0.15) is 12.4 Å². The monoisotopic (exact) mass is 665 g/mol. The van der Waals surface area contributed by atoms with Gasteiger partial charge in [-0.25, -0.2) is 4.99 Å². The minimum Gasteiger partial charge on any atom is -0.487 e. The summed E-state index contributed by atoms with van der Waals surface area (Å²) >= 11 is 11.6. The lowest BCUT2D eigenvalue weighted by Gasteiger charge is -2.11. The molecule has 1 fully saturated rings. The summed E-state index contributed by atoms with van der Waals surface area (Å²) in [6.45, 7) is 0.425. The Morgan fingerprint density at radius 2 is 1.74 bits per heavy atom. The first-order chi connectivity index (χ1) is 16.3. The number of nitrogens with zero attached hydrogens (tertiary/aromatic N) is 2. The fourth-order valence-corrected chi connectivity index (χ4v) is 5.71. The van der Waals surface area contributed by atoms with Crippen molar-refractivity contribution >= 4 is 88.1 Å². The molecule has 0 aromatic heterocycles. The Morgan fingerprint density at radius 3 is 2.38 bits per heavy atom. The van der Waals surface area contributed by atoms with Gasteiger partial charge in [0.2, 0.25) is 0 Å². The summed E-state index contributed by atoms with van der Waals surface area (Å²) in [4.78, 5) is 27.8. The Bertz CT molecular complexity index is 1320. The van der Waals surface area contributed by atoms with Crippen molar-refractivity contribution in [2.24, 2.45) is 4.99 Å². The summed E-state index contributed by atoms with van der Waals surface area (Å²) in [5.74, 6) is 0.387. The van der Waals surface area contributed by atoms with E-state index in [0.717, 1.165) is 20.1 Å². The largest absolute Gasteiger partial charge is 0.487 e. The third-order valence-electron chi connectivity index (χ3n) is 4.56. The van der Waals surface area contributed by atoms with Crippen LogP contribution in [0.4, 0.5) is 11.4 Å². The third-order valence-corrected chi connectivity index (χ3v) is 7.28. The number of benzene rings is 3. The zero-order valence-corrected chi connectivity index (χ0v) is 22.7. The van der Waals surface area contributed by atoms with Gasteiger partial charge in [-0.2, -0.15) is 0 Å². The van der Waals surface area contributed by atoms with E-state index in [4.69, 9.17) is 4.74 Å². The van der Waals surface area contributed by atoms with E-state index < -0.39 is 4.92 Å². The van der Waals surface area contributed by atoms with Gasteiger partial charge in [-0.1, -0.05) is 30.3 Å². The van der Waals surface area contributed by atoms with Gasteiger partial charge >= 0.3 is 0 Å². The highest BCUT2D eigenvalue weighted by Gasteiger charge is 2.24. The molecule has 0 spiro atoms. The highest BCUT2D eigenvalue weighted by molar-refractivity contribution is 9.11. The number of hydrogen-bond donors (Lipinski definition) is 1. The van der Waals surface area contributed by atoms with Gasteiger partial charge < -0.3 is 10.1 Å². The number of carbonyl (C=O) groups is 1. The van der Waals surface area contributed by atoms with Crippen LogP contribution in [0.5, 0.6) is 5.75 Å². The number of halogens is 3. The summed E-state index contributed by atoms with van der Waals surface area (Å²) in [7, 11) is 0. The first-order valence-corrected chi connectivity index (χ1v) is 12.9. The molecular formula is C23H14Br3N3O4S. The SMILES string of the molecule is O=C1NC(=Nc2ccc([N+](=O)[O-])cc2Br)S/C1=C/c1cc(Br)c(OCc2ccccc2)c(Br)c1. The van der Waals surface area contributed by atoms with E-state index in [1.165, 1.54) is 30.0 Å². The highest BCUT2D eigenvalue weighted by Crippen LogP contribution is 2.37. The van der Waals surface area contributed by atoms with Crippen LogP contribution in [-0.4, -0.2) is 16.0 Å². The molecule has 1 N–H and O–H groups in total. The van der Waals surface area contributed by atoms with Crippen LogP contribution in [0, 0.1) is 10.1 Å². The Balaban J connectivity index is 1.51. The number of amidine groups is 1. The Morgan fingerprint density at radius 1 is 1.03 bits per heavy atom. The molecule has 34 heavy (non-hydrogen) atoms. The van der Waals surface area contributed by atoms with Crippen molar-refractivity contribution in [2.75, 3.05) is 0 Å². The number of hydrogen-bond acceptors (Lipinski definition) is 6. The average molecular weight is 668 g/mol. The summed E-state index contributed by atoms with van der Waals surface area (Å²) < 4.78 is 7.91. The number of carbonyl (C=O) groups excluding carboxylic acids is 1. The van der Waals surface area contributed by atoms with Crippen LogP contribution in [0.25, 0.3) is 6.08 Å². The van der Waals surface area contributed by atoms with E-state index in [2.05, 4.69) is 58.1 Å². The molecule has 1 heterocycles. The minimum absolute atomic E-state index is 0.0492. The second kappa shape index (κ2) is 10.9. The number of non-ortho nitro benzene ring substituents is 1. The highest BCUT2D eigenvalue weighted by atomic mass is 79.9. The van der Waals surface area contributed by atoms with E-state index in [1.807, 2.05) is 42.5 Å². The number of rotatable bonds is 6. The molecule has 1 aliphatic heterocycles. The first kappa shape index (κ1) is 24.6. The van der Waals surface area contributed by atoms with Gasteiger partial charge in [0.15, 0.2) is 5.17 Å². The zero-order chi connectivity index (χ0) is 24.2. The number of amides is 1. The maximum Gasteiger partial charge on any atom is 0.270 e. The predicted molar refractivity (Wildman–Crippen MR) is 144 cm³/mol. The number of nitrogens with one attached hydrogen (secondary N) is 1. The van der Waals surface area contributed by atoms with Crippen LogP contribution < -0.4 is 10.1 Å². The van der Waals surface area contributed by atoms with Gasteiger partial charge in [0.05, 0.1) is 28.9 Å². The molecule has 172 valence electrons. The number of ether oxygens (including phenoxy) is 1. The normalized spacial score (nSPS) is 15.6. The van der Waals surface area contributed by atoms with Crippen molar-refractivity contribution in [3.05, 3.63) is 100 Å². The molecule has 0 aliphatic carbocycles. The molecule has 0 saturated carbocycles. The summed E-state index contributed by atoms with van der Waals surface area (Å²) in [6.07, 6.45) is 1.75. The molecule has 3 aromatic carbocycles. The van der Waals surface area contributed by atoms with Crippen molar-refractivity contribution in [1.29, 1.82) is 0 Å². The maximum absolute atomic E-state index is 12.5. The van der Waals surface area contributed by atoms with Crippen LogP contribution in [0.1, 0.15) is 11.1 Å². The topological polar surface area (TPSA) is 93.8 Å². The Labute approximate surface area is 224 Å². The molecule has 3 aromatic rings. The maximum atomic E-state index is 12.5. The van der Waals surface area contributed by atoms with Gasteiger partial charge in [-0.3, -0.25) is 14.9 Å². The summed E-state index contributed by atoms with van der Waals surface area (Å²) in [5, 5.41) is 14.0. The van der Waals surface area contributed by atoms with Crippen molar-refractivity contribution in [1.82, 2.24) is 5.32 Å². The molecule has 11 heteroatoms. The fourth-order valence-electron chi connectivity index (χ4n) is 2.97. The van der Waals surface area contributed by atoms with Crippen molar-refractivity contribution in [3.8, 4) is 5.75 Å². The van der Waals surface area contributed by atoms with Crippen LogP contribution in [-0.2, 0) is 11.4 Å². The third kappa shape index (κ3) is 5.96. The second-order valence-corrected chi connectivity index (χ2v) is 10.6. The van der Waals surface area contributed by atoms with Gasteiger partial charge in [-0.15, -0.1) is 0 Å². The van der Waals surface area contributed by atoms with Gasteiger partial charge in [0, 0.05) is 12.1 Å². The molecule has 0 atom stereocenters. The van der Waals surface area contributed by atoms with E-state index in [9.17, 15) is 14.9 Å². The lowest BCUT2D eigenvalue weighted by atomic mass is 10.2. The standard InChI is InChI=1S/C23H14Br3N3O4S/c24-16-11-15(29(31)32)6-7-19(16)27-23-28-22(30)20(34-23)10-14-8-17(25)21(18(26)9-14)33-12-13-4-2-1-3-5-13/h1-11H,12H2,(H,27,28,30)/b20-10+. The molecule has 1 saturated heterocycles. The fraction of sp³-hybridized carbons (Fsp3) is 0.0435. The quantitative estimate of drug-likeness (QED) is 0.169. The number of thioether (sulfide) groups is 1. The van der Waals surface area contributed by atoms with E-state index >= 15 is 0 Å². The van der Waals surface area contributed by atoms with E-state index in [0.29, 0.717) is 32.6 Å². The number of nitro benzene ring substituents is 1. The zero-order valence-electron chi connectivity index (χ0n) is 17.1. The lowest BCUT2D eigenvalue weighted by molar-refractivity contribution is -0.384. The summed E-state index contributed by atoms with van der Waals surface area (Å²) in [6, 6.07) is 17.8. The van der Waals surface area contributed by atoms with E-state index in [-0.39, 0.29) is 11.6 Å². The molecule has 4 rings (SSSR count). The lowest BCUT2D eigenvalue weighted by Crippen LogP contribution is -2.19. The smallest absolute Gasteiger partial charge is 0.270 e. The molecule has 0 radical (unpaired) electrons. The predicted octanol–water partition coefficient (Wildman–Crippen LogP) is 7.35. The Hall–Kier alpha value is -2.47. The van der Waals surface area contributed by atoms with Crippen LogP contribution in [0.2, 0.25) is 0 Å². The second-order valence-electron chi connectivity index (χ2n) is 6.96. The van der Waals surface area contributed by atoms with Crippen LogP contribution >= 0.6 is 59.6 Å². The minimum atomic E-state index is -0.483. The molecule has 7 nitrogen and oxygen atoms in total. The van der Waals surface area contributed by atoms with Crippen LogP contribution in [0.15, 0.2) is 84.0 Å². The first-order valence-electron chi connectivity index (χ1n) is 9.69. The van der Waals surface area contributed by atoms with E-state index in [1.54, 1.807) is 6.08 Å². The number of nitro groups is 1. The summed E-state index contributed by atoms with van der Waals surface area (Å²) in [5.41, 5.74) is 2.27. The van der Waals surface area contributed by atoms with Crippen molar-refractivity contribution in [2.45, 2.75) is 6.61 Å². The molecule has 0 bridgehead atoms. The molecule has 0 unspecified atom stereocenters. The molecule has 1 aliphatic rings. The van der Waals surface area contributed by atoms with Crippen molar-refractivity contribution < 1.29 is 14.5 Å². The Kier molecular flexibility index (Phi) is 7.87. The van der Waals surface area contributed by atoms with Gasteiger partial charge in [-0.05, 0) is 95.0 Å².